The third-order valence-corrected chi connectivity index (χ3v) is 6.88. The van der Waals surface area contributed by atoms with Crippen molar-refractivity contribution in [2.45, 2.75) is 38.0 Å². The smallest absolute Gasteiger partial charge is 0.246 e. The van der Waals surface area contributed by atoms with E-state index in [-0.39, 0.29) is 0 Å². The summed E-state index contributed by atoms with van der Waals surface area (Å²) in [7, 11) is -3.53. The van der Waals surface area contributed by atoms with Gasteiger partial charge in [-0.15, -0.1) is 0 Å². The molecular weight excluding hydrogens is 346 g/mol. The zero-order valence-electron chi connectivity index (χ0n) is 15.5. The van der Waals surface area contributed by atoms with Crippen LogP contribution in [0.25, 0.3) is 0 Å². The number of piperidine rings is 1. The van der Waals surface area contributed by atoms with Crippen molar-refractivity contribution in [3.05, 3.63) is 59.7 Å². The van der Waals surface area contributed by atoms with E-state index in [0.29, 0.717) is 36.3 Å². The van der Waals surface area contributed by atoms with Gasteiger partial charge in [0.1, 0.15) is 10.6 Å². The summed E-state index contributed by atoms with van der Waals surface area (Å²) >= 11 is 0. The molecule has 5 heteroatoms. The Bertz CT molecular complexity index is 826. The van der Waals surface area contributed by atoms with Gasteiger partial charge in [0.25, 0.3) is 0 Å². The van der Waals surface area contributed by atoms with Crippen LogP contribution in [0.5, 0.6) is 5.75 Å². The Kier molecular flexibility index (Phi) is 5.99. The molecular formula is C21H27NO3S. The lowest BCUT2D eigenvalue weighted by molar-refractivity contribution is 0.271. The summed E-state index contributed by atoms with van der Waals surface area (Å²) in [4.78, 5) is 0.292. The number of hydrogen-bond donors (Lipinski definition) is 0. The first-order valence-corrected chi connectivity index (χ1v) is 10.7. The van der Waals surface area contributed by atoms with Crippen LogP contribution in [0.2, 0.25) is 0 Å². The van der Waals surface area contributed by atoms with Gasteiger partial charge in [0.2, 0.25) is 10.0 Å². The molecule has 2 aromatic rings. The van der Waals surface area contributed by atoms with Gasteiger partial charge in [-0.3, -0.25) is 0 Å². The zero-order valence-corrected chi connectivity index (χ0v) is 16.3. The van der Waals surface area contributed by atoms with Crippen LogP contribution < -0.4 is 4.74 Å². The molecule has 4 nitrogen and oxygen atoms in total. The highest BCUT2D eigenvalue weighted by molar-refractivity contribution is 7.89. The average Bonchev–Trinajstić information content (AvgIpc) is 2.64. The first-order valence-electron chi connectivity index (χ1n) is 9.28. The van der Waals surface area contributed by atoms with Gasteiger partial charge >= 0.3 is 0 Å². The van der Waals surface area contributed by atoms with Crippen molar-refractivity contribution in [3.8, 4) is 5.75 Å². The van der Waals surface area contributed by atoms with E-state index in [0.717, 1.165) is 24.8 Å². The van der Waals surface area contributed by atoms with E-state index >= 15 is 0 Å². The highest BCUT2D eigenvalue weighted by atomic mass is 32.2. The Morgan fingerprint density at radius 2 is 1.77 bits per heavy atom. The normalized spacial score (nSPS) is 16.5. The van der Waals surface area contributed by atoms with Gasteiger partial charge in [0.15, 0.2) is 0 Å². The molecule has 26 heavy (non-hydrogen) atoms. The van der Waals surface area contributed by atoms with Gasteiger partial charge in [0, 0.05) is 13.1 Å². The topological polar surface area (TPSA) is 46.6 Å². The number of sulfonamides is 1. The summed E-state index contributed by atoms with van der Waals surface area (Å²) in [5.74, 6) is 0.984. The van der Waals surface area contributed by atoms with Crippen molar-refractivity contribution in [3.63, 3.8) is 0 Å². The van der Waals surface area contributed by atoms with Gasteiger partial charge in [-0.1, -0.05) is 36.4 Å². The van der Waals surface area contributed by atoms with Crippen LogP contribution >= 0.6 is 0 Å². The molecule has 0 aliphatic carbocycles. The molecule has 0 unspecified atom stereocenters. The molecule has 0 bridgehead atoms. The Hall–Kier alpha value is -1.85. The Balaban J connectivity index is 1.71. The monoisotopic (exact) mass is 373 g/mol. The molecule has 1 fully saturated rings. The maximum absolute atomic E-state index is 13.1. The van der Waals surface area contributed by atoms with E-state index < -0.39 is 10.0 Å². The fourth-order valence-electron chi connectivity index (χ4n) is 3.53. The molecule has 140 valence electrons. The fraction of sp³-hybridized carbons (Fsp3) is 0.429. The van der Waals surface area contributed by atoms with Crippen molar-refractivity contribution >= 4 is 10.0 Å². The standard InChI is InChI=1S/C21H27NO3S/c1-3-25-20-10-9-17(2)15-21(20)26(23,24)22-13-11-19(12-14-22)16-18-7-5-4-6-8-18/h4-10,15,19H,3,11-14,16H2,1-2H3. The summed E-state index contributed by atoms with van der Waals surface area (Å²) in [6.07, 6.45) is 2.80. The highest BCUT2D eigenvalue weighted by Crippen LogP contribution is 2.31. The lowest BCUT2D eigenvalue weighted by atomic mass is 9.91. The van der Waals surface area contributed by atoms with Crippen molar-refractivity contribution in [2.75, 3.05) is 19.7 Å². The van der Waals surface area contributed by atoms with E-state index in [1.807, 2.05) is 26.0 Å². The second-order valence-corrected chi connectivity index (χ2v) is 8.83. The molecule has 0 N–H and O–H groups in total. The molecule has 1 saturated heterocycles. The molecule has 0 spiro atoms. The summed E-state index contributed by atoms with van der Waals surface area (Å²) < 4.78 is 33.5. The molecule has 0 atom stereocenters. The van der Waals surface area contributed by atoms with E-state index in [2.05, 4.69) is 24.3 Å². The van der Waals surface area contributed by atoms with E-state index in [9.17, 15) is 8.42 Å². The zero-order chi connectivity index (χ0) is 18.6. The van der Waals surface area contributed by atoms with Crippen LogP contribution in [0.15, 0.2) is 53.4 Å². The number of nitrogens with zero attached hydrogens (tertiary/aromatic N) is 1. The van der Waals surface area contributed by atoms with Crippen LogP contribution in [0.4, 0.5) is 0 Å². The minimum Gasteiger partial charge on any atom is -0.492 e. The first-order chi connectivity index (χ1) is 12.5. The molecule has 0 radical (unpaired) electrons. The molecule has 0 saturated carbocycles. The molecule has 0 aromatic heterocycles. The summed E-state index contributed by atoms with van der Waals surface area (Å²) in [5, 5.41) is 0. The molecule has 2 aromatic carbocycles. The third-order valence-electron chi connectivity index (χ3n) is 4.96. The van der Waals surface area contributed by atoms with Gasteiger partial charge in [-0.05, 0) is 62.3 Å². The minimum absolute atomic E-state index is 0.292. The third kappa shape index (κ3) is 4.27. The molecule has 0 amide bonds. The molecule has 1 heterocycles. The van der Waals surface area contributed by atoms with Crippen molar-refractivity contribution in [1.29, 1.82) is 0 Å². The predicted octanol–water partition coefficient (Wildman–Crippen LogP) is 4.04. The van der Waals surface area contributed by atoms with E-state index in [1.165, 1.54) is 5.56 Å². The summed E-state index contributed by atoms with van der Waals surface area (Å²) in [5.41, 5.74) is 2.25. The average molecular weight is 374 g/mol. The van der Waals surface area contributed by atoms with Crippen molar-refractivity contribution < 1.29 is 13.2 Å². The Labute approximate surface area is 156 Å². The lowest BCUT2D eigenvalue weighted by Gasteiger charge is -2.31. The first kappa shape index (κ1) is 18.9. The SMILES string of the molecule is CCOc1ccc(C)cc1S(=O)(=O)N1CCC(Cc2ccccc2)CC1. The molecule has 3 rings (SSSR count). The van der Waals surface area contributed by atoms with Gasteiger partial charge in [-0.25, -0.2) is 8.42 Å². The predicted molar refractivity (Wildman–Crippen MR) is 104 cm³/mol. The summed E-state index contributed by atoms with van der Waals surface area (Å²) in [6, 6.07) is 15.8. The number of benzene rings is 2. The Morgan fingerprint density at radius 1 is 1.08 bits per heavy atom. The van der Waals surface area contributed by atoms with Crippen molar-refractivity contribution in [2.24, 2.45) is 5.92 Å². The van der Waals surface area contributed by atoms with E-state index in [1.54, 1.807) is 16.4 Å². The lowest BCUT2D eigenvalue weighted by Crippen LogP contribution is -2.39. The van der Waals surface area contributed by atoms with Crippen LogP contribution in [0, 0.1) is 12.8 Å². The number of ether oxygens (including phenoxy) is 1. The maximum atomic E-state index is 13.1. The van der Waals surface area contributed by atoms with Gasteiger partial charge in [-0.2, -0.15) is 4.31 Å². The van der Waals surface area contributed by atoms with Crippen LogP contribution in [0.3, 0.4) is 0 Å². The second kappa shape index (κ2) is 8.23. The fourth-order valence-corrected chi connectivity index (χ4v) is 5.22. The quantitative estimate of drug-likeness (QED) is 0.768. The maximum Gasteiger partial charge on any atom is 0.246 e. The Morgan fingerprint density at radius 3 is 2.42 bits per heavy atom. The second-order valence-electron chi connectivity index (χ2n) is 6.92. The number of rotatable bonds is 6. The molecule has 1 aliphatic rings. The van der Waals surface area contributed by atoms with Crippen LogP contribution in [-0.2, 0) is 16.4 Å². The molecule has 1 aliphatic heterocycles. The highest BCUT2D eigenvalue weighted by Gasteiger charge is 2.31. The minimum atomic E-state index is -3.53. The van der Waals surface area contributed by atoms with Crippen molar-refractivity contribution in [1.82, 2.24) is 4.31 Å². The van der Waals surface area contributed by atoms with Gasteiger partial charge < -0.3 is 4.74 Å². The van der Waals surface area contributed by atoms with Gasteiger partial charge in [0.05, 0.1) is 6.61 Å². The number of aryl methyl sites for hydroxylation is 1. The van der Waals surface area contributed by atoms with Crippen LogP contribution in [-0.4, -0.2) is 32.4 Å². The largest absolute Gasteiger partial charge is 0.492 e. The summed E-state index contributed by atoms with van der Waals surface area (Å²) in [6.45, 7) is 5.36. The van der Waals surface area contributed by atoms with Crippen LogP contribution in [0.1, 0.15) is 30.9 Å². The number of hydrogen-bond acceptors (Lipinski definition) is 3. The van der Waals surface area contributed by atoms with E-state index in [4.69, 9.17) is 4.74 Å².